The molecule has 0 aliphatic carbocycles. The maximum absolute atomic E-state index is 13.0. The van der Waals surface area contributed by atoms with Gasteiger partial charge in [-0.05, 0) is 73.5 Å². The van der Waals surface area contributed by atoms with Crippen LogP contribution in [-0.4, -0.2) is 61.0 Å². The summed E-state index contributed by atoms with van der Waals surface area (Å²) < 4.78 is 0. The Kier molecular flexibility index (Phi) is 8.91. The van der Waals surface area contributed by atoms with Crippen LogP contribution in [0.1, 0.15) is 34.3 Å². The van der Waals surface area contributed by atoms with Crippen molar-refractivity contribution in [3.8, 4) is 0 Å². The molecule has 2 aliphatic rings. The zero-order valence-electron chi connectivity index (χ0n) is 21.8. The molecule has 2 heterocycles. The number of carbonyl (C=O) groups is 2. The standard InChI is InChI=1S/C30H33Cl2N5O2/c31-26-18-23(21-35-12-4-5-13-35)19-27(32)28(26)34-30(39)37-16-14-36(15-17-37)25-10-8-24(9-11-25)29(38)33-20-22-6-2-1-3-7-22/h1-3,6-11,18-19H,4-5,12-17,20-21H2,(H,33,38)(H,34,39). The van der Waals surface area contributed by atoms with Crippen molar-refractivity contribution in [3.63, 3.8) is 0 Å². The first-order chi connectivity index (χ1) is 19.0. The monoisotopic (exact) mass is 565 g/mol. The van der Waals surface area contributed by atoms with E-state index in [1.54, 1.807) is 4.90 Å². The molecule has 204 valence electrons. The normalized spacial score (nSPS) is 15.8. The zero-order valence-corrected chi connectivity index (χ0v) is 23.3. The summed E-state index contributed by atoms with van der Waals surface area (Å²) in [5, 5.41) is 6.78. The van der Waals surface area contributed by atoms with Crippen LogP contribution in [0.5, 0.6) is 0 Å². The van der Waals surface area contributed by atoms with E-state index in [1.165, 1.54) is 12.8 Å². The Hall–Kier alpha value is -3.26. The summed E-state index contributed by atoms with van der Waals surface area (Å²) in [6.07, 6.45) is 2.45. The van der Waals surface area contributed by atoms with Gasteiger partial charge in [-0.25, -0.2) is 4.79 Å². The third-order valence-electron chi connectivity index (χ3n) is 7.30. The highest BCUT2D eigenvalue weighted by Crippen LogP contribution is 2.33. The summed E-state index contributed by atoms with van der Waals surface area (Å²) in [5.74, 6) is -0.103. The van der Waals surface area contributed by atoms with Gasteiger partial charge in [-0.2, -0.15) is 0 Å². The molecule has 3 aromatic carbocycles. The molecule has 2 saturated heterocycles. The molecule has 0 spiro atoms. The van der Waals surface area contributed by atoms with Gasteiger partial charge in [0, 0.05) is 50.5 Å². The average Bonchev–Trinajstić information content (AvgIpc) is 3.47. The largest absolute Gasteiger partial charge is 0.368 e. The Labute approximate surface area is 239 Å². The predicted molar refractivity (Wildman–Crippen MR) is 158 cm³/mol. The first-order valence-electron chi connectivity index (χ1n) is 13.4. The number of hydrogen-bond acceptors (Lipinski definition) is 4. The molecule has 2 N–H and O–H groups in total. The van der Waals surface area contributed by atoms with Crippen LogP contribution in [0.3, 0.4) is 0 Å². The Balaban J connectivity index is 1.11. The van der Waals surface area contributed by atoms with Gasteiger partial charge >= 0.3 is 6.03 Å². The Morgan fingerprint density at radius 2 is 1.41 bits per heavy atom. The second kappa shape index (κ2) is 12.7. The third kappa shape index (κ3) is 7.04. The van der Waals surface area contributed by atoms with E-state index < -0.39 is 0 Å². The van der Waals surface area contributed by atoms with Crippen LogP contribution in [-0.2, 0) is 13.1 Å². The van der Waals surface area contributed by atoms with Crippen LogP contribution in [0, 0.1) is 0 Å². The average molecular weight is 567 g/mol. The lowest BCUT2D eigenvalue weighted by Crippen LogP contribution is -2.50. The van der Waals surface area contributed by atoms with Crippen LogP contribution < -0.4 is 15.5 Å². The summed E-state index contributed by atoms with van der Waals surface area (Å²) in [7, 11) is 0. The minimum Gasteiger partial charge on any atom is -0.368 e. The number of carbonyl (C=O) groups excluding carboxylic acids is 2. The van der Waals surface area contributed by atoms with Gasteiger partial charge in [0.15, 0.2) is 0 Å². The first-order valence-corrected chi connectivity index (χ1v) is 14.2. The van der Waals surface area contributed by atoms with Crippen LogP contribution in [0.15, 0.2) is 66.7 Å². The lowest BCUT2D eigenvalue weighted by molar-refractivity contribution is 0.0951. The van der Waals surface area contributed by atoms with Crippen LogP contribution in [0.4, 0.5) is 16.2 Å². The van der Waals surface area contributed by atoms with Gasteiger partial charge in [-0.3, -0.25) is 9.69 Å². The van der Waals surface area contributed by atoms with Crippen molar-refractivity contribution < 1.29 is 9.59 Å². The maximum atomic E-state index is 13.0. The number of urea groups is 1. The van der Waals surface area contributed by atoms with Crippen molar-refractivity contribution in [2.75, 3.05) is 49.5 Å². The molecule has 39 heavy (non-hydrogen) atoms. The molecule has 2 fully saturated rings. The highest BCUT2D eigenvalue weighted by Gasteiger charge is 2.23. The number of likely N-dealkylation sites (tertiary alicyclic amines) is 1. The van der Waals surface area contributed by atoms with Gasteiger partial charge in [0.25, 0.3) is 5.91 Å². The van der Waals surface area contributed by atoms with E-state index >= 15 is 0 Å². The van der Waals surface area contributed by atoms with E-state index in [0.29, 0.717) is 54.0 Å². The topological polar surface area (TPSA) is 67.9 Å². The molecule has 7 nitrogen and oxygen atoms in total. The zero-order chi connectivity index (χ0) is 27.2. The van der Waals surface area contributed by atoms with E-state index in [-0.39, 0.29) is 11.9 Å². The van der Waals surface area contributed by atoms with Crippen molar-refractivity contribution in [3.05, 3.63) is 93.5 Å². The fourth-order valence-corrected chi connectivity index (χ4v) is 5.72. The van der Waals surface area contributed by atoms with Crippen LogP contribution >= 0.6 is 23.2 Å². The fourth-order valence-electron chi connectivity index (χ4n) is 5.09. The molecule has 0 atom stereocenters. The lowest BCUT2D eigenvalue weighted by atomic mass is 10.1. The molecule has 2 aliphatic heterocycles. The van der Waals surface area contributed by atoms with Crippen molar-refractivity contribution in [2.45, 2.75) is 25.9 Å². The number of halogens is 2. The number of nitrogens with one attached hydrogen (secondary N) is 2. The summed E-state index contributed by atoms with van der Waals surface area (Å²) >= 11 is 13.0. The molecular formula is C30H33Cl2N5O2. The summed E-state index contributed by atoms with van der Waals surface area (Å²) in [5.41, 5.74) is 4.21. The smallest absolute Gasteiger partial charge is 0.322 e. The summed E-state index contributed by atoms with van der Waals surface area (Å²) in [4.78, 5) is 31.9. The molecule has 9 heteroatoms. The van der Waals surface area contributed by atoms with E-state index in [2.05, 4.69) is 20.4 Å². The quantitative estimate of drug-likeness (QED) is 0.375. The maximum Gasteiger partial charge on any atom is 0.322 e. The highest BCUT2D eigenvalue weighted by molar-refractivity contribution is 6.39. The highest BCUT2D eigenvalue weighted by atomic mass is 35.5. The number of nitrogens with zero attached hydrogens (tertiary/aromatic N) is 3. The number of rotatable bonds is 7. The van der Waals surface area contributed by atoms with Crippen LogP contribution in [0.2, 0.25) is 10.0 Å². The number of hydrogen-bond donors (Lipinski definition) is 2. The van der Waals surface area contributed by atoms with Crippen molar-refractivity contribution in [1.82, 2.24) is 15.1 Å². The number of anilines is 2. The van der Waals surface area contributed by atoms with E-state index in [0.717, 1.165) is 36.4 Å². The van der Waals surface area contributed by atoms with Gasteiger partial charge in [-0.15, -0.1) is 0 Å². The van der Waals surface area contributed by atoms with E-state index in [9.17, 15) is 9.59 Å². The molecule has 0 unspecified atom stereocenters. The van der Waals surface area contributed by atoms with Crippen molar-refractivity contribution in [1.29, 1.82) is 0 Å². The number of amides is 3. The fraction of sp³-hybridized carbons (Fsp3) is 0.333. The van der Waals surface area contributed by atoms with Crippen molar-refractivity contribution in [2.24, 2.45) is 0 Å². The van der Waals surface area contributed by atoms with Gasteiger partial charge in [0.2, 0.25) is 0 Å². The molecular weight excluding hydrogens is 533 g/mol. The molecule has 0 bridgehead atoms. The second-order valence-electron chi connectivity index (χ2n) is 10.0. The summed E-state index contributed by atoms with van der Waals surface area (Å²) in [6.45, 7) is 5.98. The van der Waals surface area contributed by atoms with Crippen LogP contribution in [0.25, 0.3) is 0 Å². The molecule has 3 amide bonds. The van der Waals surface area contributed by atoms with Gasteiger partial charge in [0.05, 0.1) is 15.7 Å². The van der Waals surface area contributed by atoms with E-state index in [4.69, 9.17) is 23.2 Å². The summed E-state index contributed by atoms with van der Waals surface area (Å²) in [6, 6.07) is 21.0. The van der Waals surface area contributed by atoms with E-state index in [1.807, 2.05) is 66.7 Å². The van der Waals surface area contributed by atoms with Gasteiger partial charge in [-0.1, -0.05) is 53.5 Å². The SMILES string of the molecule is O=C(NCc1ccccc1)c1ccc(N2CCN(C(=O)Nc3c(Cl)cc(CN4CCCC4)cc3Cl)CC2)cc1. The predicted octanol–water partition coefficient (Wildman–Crippen LogP) is 5.87. The third-order valence-corrected chi connectivity index (χ3v) is 7.89. The second-order valence-corrected chi connectivity index (χ2v) is 10.9. The Morgan fingerprint density at radius 1 is 0.769 bits per heavy atom. The Bertz CT molecular complexity index is 1270. The lowest BCUT2D eigenvalue weighted by Gasteiger charge is -2.36. The van der Waals surface area contributed by atoms with Gasteiger partial charge < -0.3 is 20.4 Å². The minimum atomic E-state index is -0.212. The van der Waals surface area contributed by atoms with Gasteiger partial charge in [0.1, 0.15) is 0 Å². The number of piperazine rings is 1. The van der Waals surface area contributed by atoms with Crippen molar-refractivity contribution >= 4 is 46.5 Å². The molecule has 0 saturated carbocycles. The molecule has 5 rings (SSSR count). The number of benzene rings is 3. The molecule has 0 radical (unpaired) electrons. The minimum absolute atomic E-state index is 0.103. The molecule has 3 aromatic rings. The first kappa shape index (κ1) is 27.3. The molecule has 0 aromatic heterocycles. The Morgan fingerprint density at radius 3 is 2.05 bits per heavy atom.